The van der Waals surface area contributed by atoms with Gasteiger partial charge in [0.15, 0.2) is 17.5 Å². The molecule has 510 valence electrons. The lowest BCUT2D eigenvalue weighted by Crippen LogP contribution is -2.25. The summed E-state index contributed by atoms with van der Waals surface area (Å²) in [6.45, 7) is 34.4. The quantitative estimate of drug-likeness (QED) is 0.0564. The lowest BCUT2D eigenvalue weighted by Gasteiger charge is -2.25. The van der Waals surface area contributed by atoms with Crippen LogP contribution in [0.1, 0.15) is 88.6 Å². The van der Waals surface area contributed by atoms with Gasteiger partial charge >= 0.3 is 0 Å². The summed E-state index contributed by atoms with van der Waals surface area (Å²) in [6.07, 6.45) is 0. The molecule has 3 N–H and O–H groups in total. The molecule has 1 aliphatic rings. The van der Waals surface area contributed by atoms with Crippen LogP contribution < -0.4 is 30.7 Å². The van der Waals surface area contributed by atoms with E-state index in [0.717, 1.165) is 62.1 Å². The van der Waals surface area contributed by atoms with Crippen LogP contribution >= 0.6 is 168 Å². The van der Waals surface area contributed by atoms with Crippen LogP contribution in [0.25, 0.3) is 0 Å². The van der Waals surface area contributed by atoms with Crippen molar-refractivity contribution in [3.63, 3.8) is 0 Å². The van der Waals surface area contributed by atoms with Gasteiger partial charge in [-0.1, -0.05) is 213 Å². The van der Waals surface area contributed by atoms with E-state index in [1.54, 1.807) is 7.05 Å². The van der Waals surface area contributed by atoms with Gasteiger partial charge in [0.2, 0.25) is 26.4 Å². The van der Waals surface area contributed by atoms with Crippen LogP contribution in [0.4, 0.5) is 57.7 Å². The molecular formula is C66H75Br4Cl9N16. The van der Waals surface area contributed by atoms with Crippen LogP contribution in [0.5, 0.6) is 0 Å². The maximum Gasteiger partial charge on any atom is 0.226 e. The highest BCUT2D eigenvalue weighted by Crippen LogP contribution is 2.47. The van der Waals surface area contributed by atoms with Crippen molar-refractivity contribution in [3.8, 4) is 0 Å². The molecule has 0 aliphatic carbocycles. The molecule has 0 atom stereocenters. The zero-order chi connectivity index (χ0) is 71.7. The molecule has 0 spiro atoms. The van der Waals surface area contributed by atoms with Crippen molar-refractivity contribution in [1.29, 1.82) is 0 Å². The highest BCUT2D eigenvalue weighted by atomic mass is 79.9. The van der Waals surface area contributed by atoms with E-state index in [1.165, 1.54) is 0 Å². The second-order valence-corrected chi connectivity index (χ2v) is 25.1. The zero-order valence-corrected chi connectivity index (χ0v) is 68.0. The van der Waals surface area contributed by atoms with E-state index in [4.69, 9.17) is 104 Å². The first kappa shape index (κ1) is 86.2. The molecule has 9 aromatic rings. The molecule has 6 heterocycles. The summed E-state index contributed by atoms with van der Waals surface area (Å²) in [6, 6.07) is 39.6. The SMILES string of the molecule is C=C(C)CN(c1ccccc1)c1nc(Cl)nc(Cl)c1Br.C=C(C)CN(c1ccccc1)c1nc(Cl)nc(NC)c1Br.CC.CC.CC.CC.CNc1nc(Cl)nc2c1C(C)(C)CN2c1ccccc1.Clc1nc(Cl)c(Br)c(Cl)n1.Clc1nc(Cl)c(Br)c(Nc2ccccc2)n1. The molecule has 16 nitrogen and oxygen atoms in total. The van der Waals surface area contributed by atoms with E-state index in [1.807, 2.05) is 195 Å². The zero-order valence-electron chi connectivity index (χ0n) is 54.8. The maximum atomic E-state index is 6.06. The number of hydrogen-bond donors (Lipinski definition) is 3. The van der Waals surface area contributed by atoms with Gasteiger partial charge in [0.1, 0.15) is 42.5 Å². The molecule has 95 heavy (non-hydrogen) atoms. The van der Waals surface area contributed by atoms with E-state index in [-0.39, 0.29) is 52.4 Å². The molecule has 5 aromatic heterocycles. The molecular weight excluding hydrogens is 1660 g/mol. The molecule has 1 aliphatic heterocycles. The Bertz CT molecular complexity index is 3800. The molecule has 29 heteroatoms. The lowest BCUT2D eigenvalue weighted by molar-refractivity contribution is 0.569. The van der Waals surface area contributed by atoms with Gasteiger partial charge in [0, 0.05) is 67.5 Å². The van der Waals surface area contributed by atoms with Gasteiger partial charge < -0.3 is 30.7 Å². The number of fused-ring (bicyclic) bond motifs is 1. The van der Waals surface area contributed by atoms with E-state index in [9.17, 15) is 0 Å². The fraction of sp³-hybridized carbons (Fsp3) is 0.273. The van der Waals surface area contributed by atoms with Gasteiger partial charge in [0.05, 0.1) is 13.4 Å². The highest BCUT2D eigenvalue weighted by Gasteiger charge is 2.40. The first-order chi connectivity index (χ1) is 45.3. The standard InChI is InChI=1S/C15H16BrClN4.C15H17ClN4.C14H12BrCl2N3.C10H6BrCl2N3.C4BrCl3N2.4C2H6/c1-10(2)9-21(11-7-5-4-6-8-11)14-12(16)13(18-3)19-15(17)20-14;1-15(2)9-20(10-7-5-4-6-8-10)13-11(15)12(17-3)18-14(16)19-13;1-9(2)8-20(10-6-4-3-5-7-10)13-11(15)12(16)18-14(17)19-13;11-7-8(12)15-10(13)16-9(7)14-6-4-2-1-3-5-6;5-1-2(6)9-4(8)10-3(1)7;4*1-2/h4-8H,1,9H2,2-3H3,(H,18,19,20);4-8H,9H2,1-3H3,(H,17,18,19);3-7H,1,8H2,2H3;1-5H,(H,14,15,16);;4*1-2H3. The van der Waals surface area contributed by atoms with Crippen molar-refractivity contribution < 1.29 is 0 Å². The van der Waals surface area contributed by atoms with Crippen LogP contribution in [0.15, 0.2) is 164 Å². The first-order valence-corrected chi connectivity index (χ1v) is 36.0. The number of para-hydroxylation sites is 4. The summed E-state index contributed by atoms with van der Waals surface area (Å²) >= 11 is 65.5. The minimum absolute atomic E-state index is 0.0336. The number of halogens is 13. The number of nitrogens with zero attached hydrogens (tertiary/aromatic N) is 13. The summed E-state index contributed by atoms with van der Waals surface area (Å²) in [5.41, 5.74) is 7.10. The smallest absolute Gasteiger partial charge is 0.226 e. The highest BCUT2D eigenvalue weighted by molar-refractivity contribution is 9.11. The third kappa shape index (κ3) is 27.0. The third-order valence-corrected chi connectivity index (χ3v) is 17.3. The predicted octanol–water partition coefficient (Wildman–Crippen LogP) is 25.1. The van der Waals surface area contributed by atoms with Gasteiger partial charge in [-0.05, 0) is 184 Å². The summed E-state index contributed by atoms with van der Waals surface area (Å²) < 4.78 is 2.41. The summed E-state index contributed by atoms with van der Waals surface area (Å²) in [4.78, 5) is 46.8. The van der Waals surface area contributed by atoms with Gasteiger partial charge in [-0.25, -0.2) is 24.9 Å². The minimum atomic E-state index is -0.0336. The van der Waals surface area contributed by atoms with Crippen molar-refractivity contribution in [1.82, 2.24) is 49.8 Å². The molecule has 10 rings (SSSR count). The Balaban J connectivity index is 0.000000399. The van der Waals surface area contributed by atoms with Gasteiger partial charge in [-0.15, -0.1) is 0 Å². The van der Waals surface area contributed by atoms with Crippen molar-refractivity contribution in [2.24, 2.45) is 0 Å². The van der Waals surface area contributed by atoms with Crippen LogP contribution in [-0.2, 0) is 5.41 Å². The summed E-state index contributed by atoms with van der Waals surface area (Å²) in [7, 11) is 3.65. The van der Waals surface area contributed by atoms with E-state index in [0.29, 0.717) is 49.8 Å². The normalized spacial score (nSPS) is 10.9. The largest absolute Gasteiger partial charge is 0.373 e. The molecule has 0 fully saturated rings. The molecule has 4 aromatic carbocycles. The summed E-state index contributed by atoms with van der Waals surface area (Å²) in [5, 5.41) is 10.9. The fourth-order valence-electron chi connectivity index (χ4n) is 7.95. The van der Waals surface area contributed by atoms with Gasteiger partial charge in [0.25, 0.3) is 0 Å². The van der Waals surface area contributed by atoms with Crippen LogP contribution in [0.2, 0.25) is 47.0 Å². The van der Waals surface area contributed by atoms with Gasteiger partial charge in [-0.3, -0.25) is 0 Å². The Labute approximate surface area is 638 Å². The maximum absolute atomic E-state index is 6.06. The number of rotatable bonds is 13. The Morgan fingerprint density at radius 2 is 0.779 bits per heavy atom. The summed E-state index contributed by atoms with van der Waals surface area (Å²) in [5.74, 6) is 4.20. The molecule has 0 radical (unpaired) electrons. The topological polar surface area (TPSA) is 175 Å². The molecule has 0 saturated heterocycles. The van der Waals surface area contributed by atoms with Gasteiger partial charge in [-0.2, -0.15) is 24.9 Å². The van der Waals surface area contributed by atoms with Crippen molar-refractivity contribution in [2.75, 3.05) is 64.4 Å². The van der Waals surface area contributed by atoms with Crippen molar-refractivity contribution >= 4 is 226 Å². The minimum Gasteiger partial charge on any atom is -0.373 e. The molecule has 0 amide bonds. The molecule has 0 bridgehead atoms. The van der Waals surface area contributed by atoms with Crippen LogP contribution in [-0.4, -0.2) is 83.6 Å². The van der Waals surface area contributed by atoms with E-state index in [2.05, 4.69) is 174 Å². The van der Waals surface area contributed by atoms with Crippen LogP contribution in [0.3, 0.4) is 0 Å². The Morgan fingerprint density at radius 1 is 0.442 bits per heavy atom. The average molecular weight is 1730 g/mol. The Hall–Kier alpha value is -4.91. The Morgan fingerprint density at radius 3 is 1.21 bits per heavy atom. The lowest BCUT2D eigenvalue weighted by atomic mass is 9.88. The number of benzene rings is 4. The van der Waals surface area contributed by atoms with Crippen molar-refractivity contribution in [2.45, 2.75) is 88.5 Å². The number of aromatic nitrogens is 10. The van der Waals surface area contributed by atoms with E-state index >= 15 is 0 Å². The third-order valence-electron chi connectivity index (χ3n) is 11.5. The van der Waals surface area contributed by atoms with Crippen LogP contribution in [0, 0.1) is 0 Å². The molecule has 0 saturated carbocycles. The number of hydrogen-bond acceptors (Lipinski definition) is 16. The number of anilines is 10. The molecule has 0 unspecified atom stereocenters. The second kappa shape index (κ2) is 44.9. The Kier molecular flexibility index (Phi) is 40.7. The van der Waals surface area contributed by atoms with E-state index < -0.39 is 0 Å². The first-order valence-electron chi connectivity index (χ1n) is 29.4. The monoisotopic (exact) mass is 1720 g/mol. The fourth-order valence-corrected chi connectivity index (χ4v) is 11.1. The average Bonchev–Trinajstić information content (AvgIpc) is 1.61. The predicted molar refractivity (Wildman–Crippen MR) is 423 cm³/mol. The second-order valence-electron chi connectivity index (χ2n) is 18.8. The number of nitrogens with one attached hydrogen (secondary N) is 3. The van der Waals surface area contributed by atoms with Crippen molar-refractivity contribution in [3.05, 3.63) is 216 Å².